The lowest BCUT2D eigenvalue weighted by molar-refractivity contribution is 0.413. The number of rotatable bonds is 3. The van der Waals surface area contributed by atoms with E-state index in [0.717, 1.165) is 5.56 Å². The zero-order valence-electron chi connectivity index (χ0n) is 9.61. The molecule has 0 radical (unpaired) electrons. The Morgan fingerprint density at radius 3 is 3.00 bits per heavy atom. The van der Waals surface area contributed by atoms with Crippen LogP contribution in [0.2, 0.25) is 0 Å². The minimum Gasteiger partial charge on any atom is -0.495 e. The van der Waals surface area contributed by atoms with Crippen LogP contribution in [0, 0.1) is 0 Å². The average molecular weight is 242 g/mol. The maximum absolute atomic E-state index is 5.12. The van der Waals surface area contributed by atoms with Crippen LogP contribution in [0.25, 0.3) is 17.3 Å². The third kappa shape index (κ3) is 1.81. The standard InChI is InChI=1S/C11H10N6O/c1-18-9-4-8(5-13-6-9)10-14-11(16-15-10)17-3-2-12-7-17/h2-7H,1H3,(H,14,15,16). The highest BCUT2D eigenvalue weighted by atomic mass is 16.5. The van der Waals surface area contributed by atoms with Crippen LogP contribution >= 0.6 is 0 Å². The van der Waals surface area contributed by atoms with Crippen molar-refractivity contribution in [2.45, 2.75) is 0 Å². The summed E-state index contributed by atoms with van der Waals surface area (Å²) in [7, 11) is 1.60. The van der Waals surface area contributed by atoms with E-state index in [0.29, 0.717) is 17.5 Å². The fraction of sp³-hybridized carbons (Fsp3) is 0.0909. The molecular weight excluding hydrogens is 232 g/mol. The van der Waals surface area contributed by atoms with Gasteiger partial charge in [-0.05, 0) is 6.07 Å². The van der Waals surface area contributed by atoms with E-state index >= 15 is 0 Å². The molecule has 0 aliphatic carbocycles. The Hall–Kier alpha value is -2.70. The van der Waals surface area contributed by atoms with Gasteiger partial charge >= 0.3 is 0 Å². The first-order valence-electron chi connectivity index (χ1n) is 5.27. The Balaban J connectivity index is 1.97. The van der Waals surface area contributed by atoms with Crippen molar-refractivity contribution in [3.05, 3.63) is 37.2 Å². The molecule has 1 N–H and O–H groups in total. The van der Waals surface area contributed by atoms with Gasteiger partial charge in [-0.3, -0.25) is 14.6 Å². The van der Waals surface area contributed by atoms with Gasteiger partial charge in [0.25, 0.3) is 5.95 Å². The molecule has 0 amide bonds. The first-order chi connectivity index (χ1) is 8.86. The number of imidazole rings is 1. The van der Waals surface area contributed by atoms with Crippen LogP contribution in [0.4, 0.5) is 0 Å². The SMILES string of the molecule is COc1cncc(-c2nc(-n3ccnc3)n[nH]2)c1. The molecule has 0 atom stereocenters. The first-order valence-corrected chi connectivity index (χ1v) is 5.27. The van der Waals surface area contributed by atoms with Gasteiger partial charge in [0.2, 0.25) is 0 Å². The number of ether oxygens (including phenoxy) is 1. The molecule has 3 aromatic heterocycles. The second-order valence-electron chi connectivity index (χ2n) is 3.57. The monoisotopic (exact) mass is 242 g/mol. The average Bonchev–Trinajstić information content (AvgIpc) is 3.09. The summed E-state index contributed by atoms with van der Waals surface area (Å²) >= 11 is 0. The van der Waals surface area contributed by atoms with Crippen molar-refractivity contribution in [1.82, 2.24) is 29.7 Å². The van der Waals surface area contributed by atoms with Crippen LogP contribution in [0.1, 0.15) is 0 Å². The van der Waals surface area contributed by atoms with E-state index in [1.54, 1.807) is 42.8 Å². The number of hydrogen-bond acceptors (Lipinski definition) is 5. The lowest BCUT2D eigenvalue weighted by Gasteiger charge is -1.99. The van der Waals surface area contributed by atoms with Gasteiger partial charge in [0.1, 0.15) is 12.1 Å². The van der Waals surface area contributed by atoms with Gasteiger partial charge in [0.05, 0.1) is 13.3 Å². The van der Waals surface area contributed by atoms with Crippen molar-refractivity contribution in [2.75, 3.05) is 7.11 Å². The number of pyridine rings is 1. The lowest BCUT2D eigenvalue weighted by atomic mass is 10.2. The molecule has 0 saturated carbocycles. The summed E-state index contributed by atoms with van der Waals surface area (Å²) in [6.45, 7) is 0. The highest BCUT2D eigenvalue weighted by molar-refractivity contribution is 5.55. The molecule has 3 heterocycles. The zero-order chi connectivity index (χ0) is 12.4. The smallest absolute Gasteiger partial charge is 0.254 e. The van der Waals surface area contributed by atoms with Crippen molar-refractivity contribution in [3.63, 3.8) is 0 Å². The Labute approximate surface area is 102 Å². The zero-order valence-corrected chi connectivity index (χ0v) is 9.61. The number of aromatic nitrogens is 6. The fourth-order valence-electron chi connectivity index (χ4n) is 1.53. The number of methoxy groups -OCH3 is 1. The Bertz CT molecular complexity index is 645. The molecule has 7 nitrogen and oxygen atoms in total. The van der Waals surface area contributed by atoms with Crippen LogP contribution in [0.15, 0.2) is 37.2 Å². The summed E-state index contributed by atoms with van der Waals surface area (Å²) in [6, 6.07) is 1.84. The molecule has 0 aliphatic heterocycles. The van der Waals surface area contributed by atoms with Gasteiger partial charge in [-0.2, -0.15) is 4.98 Å². The molecule has 3 rings (SSSR count). The maximum Gasteiger partial charge on any atom is 0.254 e. The topological polar surface area (TPSA) is 81.5 Å². The van der Waals surface area contributed by atoms with Gasteiger partial charge < -0.3 is 4.74 Å². The molecule has 0 fully saturated rings. The summed E-state index contributed by atoms with van der Waals surface area (Å²) in [4.78, 5) is 12.4. The summed E-state index contributed by atoms with van der Waals surface area (Å²) in [5.74, 6) is 1.84. The number of hydrogen-bond donors (Lipinski definition) is 1. The predicted molar refractivity (Wildman–Crippen MR) is 63.3 cm³/mol. The Morgan fingerprint density at radius 2 is 2.22 bits per heavy atom. The second-order valence-corrected chi connectivity index (χ2v) is 3.57. The third-order valence-electron chi connectivity index (χ3n) is 2.43. The van der Waals surface area contributed by atoms with Crippen molar-refractivity contribution < 1.29 is 4.74 Å². The lowest BCUT2D eigenvalue weighted by Crippen LogP contribution is -1.92. The van der Waals surface area contributed by atoms with Crippen LogP contribution in [0.3, 0.4) is 0 Å². The second kappa shape index (κ2) is 4.28. The number of aromatic amines is 1. The van der Waals surface area contributed by atoms with E-state index in [1.165, 1.54) is 0 Å². The summed E-state index contributed by atoms with van der Waals surface area (Å²) in [5.41, 5.74) is 0.813. The van der Waals surface area contributed by atoms with Crippen LogP contribution in [-0.2, 0) is 0 Å². The van der Waals surface area contributed by atoms with E-state index in [-0.39, 0.29) is 0 Å². The minimum atomic E-state index is 0.533. The number of H-pyrrole nitrogens is 1. The van der Waals surface area contributed by atoms with E-state index in [2.05, 4.69) is 25.1 Å². The predicted octanol–water partition coefficient (Wildman–Crippen LogP) is 1.06. The molecule has 0 aromatic carbocycles. The Morgan fingerprint density at radius 1 is 1.28 bits per heavy atom. The van der Waals surface area contributed by atoms with Crippen molar-refractivity contribution in [1.29, 1.82) is 0 Å². The summed E-state index contributed by atoms with van der Waals surface area (Å²) in [5, 5.41) is 6.97. The number of nitrogens with zero attached hydrogens (tertiary/aromatic N) is 5. The molecule has 18 heavy (non-hydrogen) atoms. The van der Waals surface area contributed by atoms with Crippen molar-refractivity contribution >= 4 is 0 Å². The summed E-state index contributed by atoms with van der Waals surface area (Å²) < 4.78 is 6.83. The van der Waals surface area contributed by atoms with Crippen LogP contribution in [0.5, 0.6) is 5.75 Å². The third-order valence-corrected chi connectivity index (χ3v) is 2.43. The molecule has 0 spiro atoms. The molecule has 0 saturated heterocycles. The quantitative estimate of drug-likeness (QED) is 0.742. The van der Waals surface area contributed by atoms with E-state index in [1.807, 2.05) is 6.07 Å². The van der Waals surface area contributed by atoms with E-state index in [9.17, 15) is 0 Å². The largest absolute Gasteiger partial charge is 0.495 e. The molecule has 7 heteroatoms. The maximum atomic E-state index is 5.12. The van der Waals surface area contributed by atoms with Crippen LogP contribution < -0.4 is 4.74 Å². The fourth-order valence-corrected chi connectivity index (χ4v) is 1.53. The summed E-state index contributed by atoms with van der Waals surface area (Å²) in [6.07, 6.45) is 8.41. The minimum absolute atomic E-state index is 0.533. The van der Waals surface area contributed by atoms with E-state index in [4.69, 9.17) is 4.74 Å². The molecule has 0 unspecified atom stereocenters. The van der Waals surface area contributed by atoms with Gasteiger partial charge in [-0.15, -0.1) is 5.10 Å². The highest BCUT2D eigenvalue weighted by Crippen LogP contribution is 2.19. The molecule has 3 aromatic rings. The molecule has 90 valence electrons. The van der Waals surface area contributed by atoms with Gasteiger partial charge in [0.15, 0.2) is 5.82 Å². The van der Waals surface area contributed by atoms with Gasteiger partial charge in [-0.1, -0.05) is 0 Å². The normalized spacial score (nSPS) is 10.5. The van der Waals surface area contributed by atoms with Crippen LogP contribution in [-0.4, -0.2) is 36.8 Å². The van der Waals surface area contributed by atoms with Crippen molar-refractivity contribution in [2.24, 2.45) is 0 Å². The van der Waals surface area contributed by atoms with Crippen molar-refractivity contribution in [3.8, 4) is 23.1 Å². The van der Waals surface area contributed by atoms with Gasteiger partial charge in [-0.25, -0.2) is 4.98 Å². The molecular formula is C11H10N6O. The van der Waals surface area contributed by atoms with Gasteiger partial charge in [0, 0.05) is 24.2 Å². The van der Waals surface area contributed by atoms with E-state index < -0.39 is 0 Å². The first kappa shape index (κ1) is 10.5. The Kier molecular flexibility index (Phi) is 2.49. The highest BCUT2D eigenvalue weighted by Gasteiger charge is 2.08. The molecule has 0 bridgehead atoms. The molecule has 0 aliphatic rings. The number of nitrogens with one attached hydrogen (secondary N) is 1.